The first-order valence-corrected chi connectivity index (χ1v) is 8.90. The summed E-state index contributed by atoms with van der Waals surface area (Å²) in [5, 5.41) is 4.59. The molecule has 2 nitrogen and oxygen atoms in total. The van der Waals surface area contributed by atoms with E-state index in [4.69, 9.17) is 4.74 Å². The molecule has 1 aliphatic carbocycles. The molecule has 0 radical (unpaired) electrons. The number of hydrogen-bond acceptors (Lipinski definition) is 3. The van der Waals surface area contributed by atoms with Gasteiger partial charge in [-0.25, -0.2) is 0 Å². The fourth-order valence-corrected chi connectivity index (χ4v) is 4.48. The van der Waals surface area contributed by atoms with Crippen LogP contribution in [0.1, 0.15) is 44.9 Å². The Balaban J connectivity index is 1.65. The van der Waals surface area contributed by atoms with Crippen molar-refractivity contribution in [2.24, 2.45) is 0 Å². The minimum Gasteiger partial charge on any atom is -0.381 e. The molecule has 1 saturated carbocycles. The zero-order valence-corrected chi connectivity index (χ0v) is 13.0. The molecule has 3 heteroatoms. The van der Waals surface area contributed by atoms with Crippen LogP contribution in [0.5, 0.6) is 0 Å². The normalized spacial score (nSPS) is 24.5. The maximum Gasteiger partial charge on any atom is 0.0485 e. The van der Waals surface area contributed by atoms with Gasteiger partial charge in [-0.05, 0) is 44.2 Å². The molecule has 2 fully saturated rings. The van der Waals surface area contributed by atoms with Gasteiger partial charge in [0.25, 0.3) is 0 Å². The summed E-state index contributed by atoms with van der Waals surface area (Å²) in [6.07, 6.45) is 9.12. The van der Waals surface area contributed by atoms with E-state index in [-0.39, 0.29) is 0 Å². The first-order valence-electron chi connectivity index (χ1n) is 8.02. The fourth-order valence-electron chi connectivity index (χ4n) is 3.14. The number of hydrogen-bond donors (Lipinski definition) is 1. The van der Waals surface area contributed by atoms with Gasteiger partial charge in [-0.1, -0.05) is 25.0 Å². The molecule has 110 valence electrons. The summed E-state index contributed by atoms with van der Waals surface area (Å²) in [5.41, 5.74) is 1.33. The van der Waals surface area contributed by atoms with Crippen LogP contribution in [0.2, 0.25) is 0 Å². The number of para-hydroxylation sites is 1. The summed E-state index contributed by atoms with van der Waals surface area (Å²) in [5.74, 6) is 0. The average Bonchev–Trinajstić information content (AvgIpc) is 2.84. The molecule has 1 aliphatic heterocycles. The molecule has 0 amide bonds. The van der Waals surface area contributed by atoms with Crippen molar-refractivity contribution in [3.63, 3.8) is 0 Å². The monoisotopic (exact) mass is 291 g/mol. The number of nitrogens with one attached hydrogen (secondary N) is 1. The molecule has 1 aromatic carbocycles. The van der Waals surface area contributed by atoms with Crippen LogP contribution in [0, 0.1) is 0 Å². The van der Waals surface area contributed by atoms with E-state index < -0.39 is 0 Å². The van der Waals surface area contributed by atoms with E-state index in [9.17, 15) is 0 Å². The molecule has 2 aliphatic rings. The van der Waals surface area contributed by atoms with E-state index in [1.54, 1.807) is 0 Å². The maximum atomic E-state index is 5.56. The second kappa shape index (κ2) is 7.37. The highest BCUT2D eigenvalue weighted by Crippen LogP contribution is 2.38. The summed E-state index contributed by atoms with van der Waals surface area (Å²) in [7, 11) is 0. The quantitative estimate of drug-likeness (QED) is 0.868. The first-order chi connectivity index (χ1) is 9.92. The standard InChI is InChI=1S/C17H25NOS/c1-2-8-15(7-1)20-17-10-4-3-9-16(17)18-14-6-5-12-19-13-11-14/h3-4,9-10,14-15,18H,1-2,5-8,11-13H2. The maximum absolute atomic E-state index is 5.56. The minimum absolute atomic E-state index is 0.572. The first kappa shape index (κ1) is 14.3. The number of anilines is 1. The van der Waals surface area contributed by atoms with Gasteiger partial charge in [0.05, 0.1) is 0 Å². The topological polar surface area (TPSA) is 21.3 Å². The van der Waals surface area contributed by atoms with Gasteiger partial charge in [-0.15, -0.1) is 11.8 Å². The predicted octanol–water partition coefficient (Wildman–Crippen LogP) is 4.70. The SMILES string of the molecule is c1ccc(SC2CCCC2)c(NC2CCCOCC2)c1. The van der Waals surface area contributed by atoms with Crippen molar-refractivity contribution in [2.45, 2.75) is 61.1 Å². The largest absolute Gasteiger partial charge is 0.381 e. The van der Waals surface area contributed by atoms with Gasteiger partial charge in [0.2, 0.25) is 0 Å². The Morgan fingerprint density at radius 3 is 2.70 bits per heavy atom. The van der Waals surface area contributed by atoms with Crippen molar-refractivity contribution in [1.29, 1.82) is 0 Å². The summed E-state index contributed by atoms with van der Waals surface area (Å²) in [6.45, 7) is 1.83. The van der Waals surface area contributed by atoms with Crippen LogP contribution in [-0.4, -0.2) is 24.5 Å². The van der Waals surface area contributed by atoms with Crippen LogP contribution in [0.25, 0.3) is 0 Å². The highest BCUT2D eigenvalue weighted by Gasteiger charge is 2.19. The van der Waals surface area contributed by atoms with Gasteiger partial charge in [-0.3, -0.25) is 0 Å². The predicted molar refractivity (Wildman–Crippen MR) is 86.6 cm³/mol. The van der Waals surface area contributed by atoms with Crippen molar-refractivity contribution in [2.75, 3.05) is 18.5 Å². The number of ether oxygens (including phenoxy) is 1. The Kier molecular flexibility index (Phi) is 5.26. The summed E-state index contributed by atoms with van der Waals surface area (Å²) >= 11 is 2.08. The number of benzene rings is 1. The number of thioether (sulfide) groups is 1. The van der Waals surface area contributed by atoms with E-state index in [1.807, 2.05) is 0 Å². The van der Waals surface area contributed by atoms with Crippen molar-refractivity contribution in [3.05, 3.63) is 24.3 Å². The molecule has 0 aromatic heterocycles. The molecule has 0 spiro atoms. The lowest BCUT2D eigenvalue weighted by Crippen LogP contribution is -2.20. The van der Waals surface area contributed by atoms with Gasteiger partial charge >= 0.3 is 0 Å². The summed E-state index contributed by atoms with van der Waals surface area (Å²) in [4.78, 5) is 1.43. The van der Waals surface area contributed by atoms with E-state index >= 15 is 0 Å². The lowest BCUT2D eigenvalue weighted by molar-refractivity contribution is 0.144. The molecule has 1 N–H and O–H groups in total. The molecular formula is C17H25NOS. The van der Waals surface area contributed by atoms with Gasteiger partial charge in [0.15, 0.2) is 0 Å². The van der Waals surface area contributed by atoms with Crippen molar-refractivity contribution < 1.29 is 4.74 Å². The molecule has 1 aromatic rings. The van der Waals surface area contributed by atoms with Crippen LogP contribution >= 0.6 is 11.8 Å². The Labute approximate surface area is 126 Å². The molecule has 1 heterocycles. The highest BCUT2D eigenvalue weighted by molar-refractivity contribution is 8.00. The Bertz CT molecular complexity index is 409. The molecular weight excluding hydrogens is 266 g/mol. The molecule has 3 rings (SSSR count). The van der Waals surface area contributed by atoms with E-state index in [0.29, 0.717) is 6.04 Å². The van der Waals surface area contributed by atoms with Gasteiger partial charge in [0, 0.05) is 35.1 Å². The Hall–Kier alpha value is -0.670. The van der Waals surface area contributed by atoms with Crippen LogP contribution in [-0.2, 0) is 4.74 Å². The third-order valence-corrected chi connectivity index (χ3v) is 5.71. The lowest BCUT2D eigenvalue weighted by atomic mass is 10.1. The smallest absolute Gasteiger partial charge is 0.0485 e. The van der Waals surface area contributed by atoms with Crippen LogP contribution in [0.4, 0.5) is 5.69 Å². The third kappa shape index (κ3) is 3.92. The fraction of sp³-hybridized carbons (Fsp3) is 0.647. The van der Waals surface area contributed by atoms with Crippen LogP contribution in [0.15, 0.2) is 29.2 Å². The third-order valence-electron chi connectivity index (χ3n) is 4.29. The molecule has 1 unspecified atom stereocenters. The Morgan fingerprint density at radius 1 is 0.950 bits per heavy atom. The van der Waals surface area contributed by atoms with Gasteiger partial charge in [0.1, 0.15) is 0 Å². The molecule has 1 atom stereocenters. The minimum atomic E-state index is 0.572. The van der Waals surface area contributed by atoms with Crippen LogP contribution < -0.4 is 5.32 Å². The lowest BCUT2D eigenvalue weighted by Gasteiger charge is -2.20. The van der Waals surface area contributed by atoms with Gasteiger partial charge < -0.3 is 10.1 Å². The summed E-state index contributed by atoms with van der Waals surface area (Å²) < 4.78 is 5.56. The van der Waals surface area contributed by atoms with Crippen molar-refractivity contribution in [3.8, 4) is 0 Å². The molecule has 20 heavy (non-hydrogen) atoms. The van der Waals surface area contributed by atoms with Gasteiger partial charge in [-0.2, -0.15) is 0 Å². The summed E-state index contributed by atoms with van der Waals surface area (Å²) in [6, 6.07) is 9.40. The number of rotatable bonds is 4. The van der Waals surface area contributed by atoms with E-state index in [1.165, 1.54) is 49.1 Å². The average molecular weight is 291 g/mol. The zero-order chi connectivity index (χ0) is 13.6. The van der Waals surface area contributed by atoms with E-state index in [2.05, 4.69) is 41.3 Å². The second-order valence-corrected chi connectivity index (χ2v) is 7.25. The second-order valence-electron chi connectivity index (χ2n) is 5.91. The molecule has 0 bridgehead atoms. The molecule has 1 saturated heterocycles. The Morgan fingerprint density at radius 2 is 1.80 bits per heavy atom. The highest BCUT2D eigenvalue weighted by atomic mass is 32.2. The van der Waals surface area contributed by atoms with Crippen molar-refractivity contribution in [1.82, 2.24) is 0 Å². The van der Waals surface area contributed by atoms with E-state index in [0.717, 1.165) is 24.9 Å². The van der Waals surface area contributed by atoms with Crippen molar-refractivity contribution >= 4 is 17.4 Å². The zero-order valence-electron chi connectivity index (χ0n) is 12.1. The van der Waals surface area contributed by atoms with Crippen LogP contribution in [0.3, 0.4) is 0 Å².